The highest BCUT2D eigenvalue weighted by molar-refractivity contribution is 6.03. The van der Waals surface area contributed by atoms with Gasteiger partial charge in [0, 0.05) is 65.0 Å². The first-order valence-corrected chi connectivity index (χ1v) is 21.0. The van der Waals surface area contributed by atoms with Gasteiger partial charge in [0.15, 0.2) is 11.5 Å². The number of carbonyl (C=O) groups is 5. The summed E-state index contributed by atoms with van der Waals surface area (Å²) in [5.74, 6) is 0.193. The second-order valence-electron chi connectivity index (χ2n) is 16.6. The Bertz CT molecular complexity index is 2030. The van der Waals surface area contributed by atoms with Crippen LogP contribution in [0, 0.1) is 5.92 Å². The molecule has 0 saturated carbocycles. The SMILES string of the molecule is CN1CCN([C@@H]2CCCN(c3cnc(C(N)=O)c(Nc4ccc(C5CCN(CC6CCN(c7ccc(C(=O)N[C@@H]8CCC(=O)NC8=O)nc7)CC6)CC5)cc4)n3)C2)C1=O. The number of primary amides is 1. The fourth-order valence-electron chi connectivity index (χ4n) is 9.16. The smallest absolute Gasteiger partial charge is 0.320 e. The van der Waals surface area contributed by atoms with Crippen molar-refractivity contribution in [2.45, 2.75) is 69.4 Å². The number of amides is 6. The van der Waals surface area contributed by atoms with E-state index in [0.717, 1.165) is 102 Å². The zero-order valence-corrected chi connectivity index (χ0v) is 33.6. The van der Waals surface area contributed by atoms with Crippen molar-refractivity contribution in [2.24, 2.45) is 11.7 Å². The number of nitrogens with zero attached hydrogens (tertiary/aromatic N) is 8. The van der Waals surface area contributed by atoms with E-state index >= 15 is 0 Å². The number of hydrogen-bond acceptors (Lipinski definition) is 12. The summed E-state index contributed by atoms with van der Waals surface area (Å²) in [7, 11) is 1.84. The molecule has 0 spiro atoms. The number of pyridine rings is 1. The van der Waals surface area contributed by atoms with Crippen LogP contribution < -0.4 is 31.5 Å². The second kappa shape index (κ2) is 17.6. The van der Waals surface area contributed by atoms with E-state index in [0.29, 0.717) is 30.0 Å². The van der Waals surface area contributed by atoms with Gasteiger partial charge in [0.05, 0.1) is 24.1 Å². The average molecular weight is 807 g/mol. The number of anilines is 4. The zero-order valence-electron chi connectivity index (χ0n) is 33.6. The van der Waals surface area contributed by atoms with Crippen LogP contribution >= 0.6 is 0 Å². The first-order valence-electron chi connectivity index (χ1n) is 21.0. The minimum atomic E-state index is -0.731. The predicted molar refractivity (Wildman–Crippen MR) is 221 cm³/mol. The van der Waals surface area contributed by atoms with Crippen molar-refractivity contribution in [1.82, 2.24) is 40.3 Å². The lowest BCUT2D eigenvalue weighted by molar-refractivity contribution is -0.134. The first-order chi connectivity index (χ1) is 28.6. The van der Waals surface area contributed by atoms with Crippen LogP contribution in [-0.2, 0) is 9.59 Å². The van der Waals surface area contributed by atoms with Crippen LogP contribution in [0.25, 0.3) is 0 Å². The number of urea groups is 1. The fourth-order valence-corrected chi connectivity index (χ4v) is 9.16. The highest BCUT2D eigenvalue weighted by Crippen LogP contribution is 2.32. The normalized spacial score (nSPS) is 22.4. The van der Waals surface area contributed by atoms with Crippen LogP contribution in [0.3, 0.4) is 0 Å². The number of likely N-dealkylation sites (N-methyl/N-ethyl adjacent to an activating group) is 1. The maximum atomic E-state index is 12.7. The number of piperidine rings is 4. The molecule has 0 aliphatic carbocycles. The monoisotopic (exact) mass is 806 g/mol. The van der Waals surface area contributed by atoms with Crippen LogP contribution in [0.4, 0.5) is 27.8 Å². The van der Waals surface area contributed by atoms with Gasteiger partial charge < -0.3 is 40.9 Å². The van der Waals surface area contributed by atoms with E-state index in [2.05, 4.69) is 52.8 Å². The van der Waals surface area contributed by atoms with Crippen molar-refractivity contribution in [3.05, 3.63) is 65.7 Å². The van der Waals surface area contributed by atoms with Crippen LogP contribution in [0.1, 0.15) is 83.8 Å². The lowest BCUT2D eigenvalue weighted by atomic mass is 9.88. The molecule has 3 aromatic rings. The van der Waals surface area contributed by atoms with Crippen molar-refractivity contribution in [1.29, 1.82) is 0 Å². The van der Waals surface area contributed by atoms with Gasteiger partial charge in [0.25, 0.3) is 11.8 Å². The third-order valence-electron chi connectivity index (χ3n) is 12.7. The topological polar surface area (TPSA) is 202 Å². The summed E-state index contributed by atoms with van der Waals surface area (Å²) in [6.07, 6.45) is 10.0. The summed E-state index contributed by atoms with van der Waals surface area (Å²) in [5.41, 5.74) is 9.13. The van der Waals surface area contributed by atoms with Crippen molar-refractivity contribution < 1.29 is 24.0 Å². The largest absolute Gasteiger partial charge is 0.370 e. The van der Waals surface area contributed by atoms with E-state index in [-0.39, 0.29) is 42.2 Å². The van der Waals surface area contributed by atoms with Gasteiger partial charge >= 0.3 is 6.03 Å². The third-order valence-corrected chi connectivity index (χ3v) is 12.7. The van der Waals surface area contributed by atoms with Crippen molar-refractivity contribution in [2.75, 3.05) is 81.1 Å². The Morgan fingerprint density at radius 3 is 2.31 bits per heavy atom. The molecular formula is C42H54N12O5. The molecule has 1 aromatic carbocycles. The molecular weight excluding hydrogens is 753 g/mol. The molecule has 7 heterocycles. The molecule has 2 aromatic heterocycles. The molecule has 5 aliphatic heterocycles. The van der Waals surface area contributed by atoms with Crippen molar-refractivity contribution >= 4 is 52.7 Å². The quantitative estimate of drug-likeness (QED) is 0.207. The van der Waals surface area contributed by atoms with Crippen LogP contribution in [0.15, 0.2) is 48.8 Å². The van der Waals surface area contributed by atoms with Crippen LogP contribution in [0.2, 0.25) is 0 Å². The number of carbonyl (C=O) groups excluding carboxylic acids is 5. The number of benzene rings is 1. The Morgan fingerprint density at radius 1 is 0.847 bits per heavy atom. The van der Waals surface area contributed by atoms with Gasteiger partial charge in [0.2, 0.25) is 11.8 Å². The highest BCUT2D eigenvalue weighted by Gasteiger charge is 2.35. The van der Waals surface area contributed by atoms with Crippen molar-refractivity contribution in [3.8, 4) is 0 Å². The zero-order chi connectivity index (χ0) is 41.0. The van der Waals surface area contributed by atoms with E-state index < -0.39 is 23.8 Å². The lowest BCUT2D eigenvalue weighted by Gasteiger charge is -2.38. The molecule has 17 heteroatoms. The maximum absolute atomic E-state index is 12.7. The molecule has 5 saturated heterocycles. The number of nitrogens with one attached hydrogen (secondary N) is 3. The molecule has 6 amide bonds. The van der Waals surface area contributed by atoms with Gasteiger partial charge in [-0.15, -0.1) is 0 Å². The molecule has 2 atom stereocenters. The maximum Gasteiger partial charge on any atom is 0.320 e. The van der Waals surface area contributed by atoms with Crippen LogP contribution in [-0.4, -0.2) is 137 Å². The molecule has 5 N–H and O–H groups in total. The molecule has 0 radical (unpaired) electrons. The highest BCUT2D eigenvalue weighted by atomic mass is 16.2. The van der Waals surface area contributed by atoms with Gasteiger partial charge in [-0.05, 0) is 99.7 Å². The summed E-state index contributed by atoms with van der Waals surface area (Å²) >= 11 is 0. The summed E-state index contributed by atoms with van der Waals surface area (Å²) < 4.78 is 0. The molecule has 312 valence electrons. The summed E-state index contributed by atoms with van der Waals surface area (Å²) in [4.78, 5) is 85.5. The fraction of sp³-hybridized carbons (Fsp3) is 0.524. The Morgan fingerprint density at radius 2 is 1.63 bits per heavy atom. The minimum Gasteiger partial charge on any atom is -0.370 e. The first kappa shape index (κ1) is 40.0. The molecule has 5 aliphatic rings. The molecule has 0 bridgehead atoms. The van der Waals surface area contributed by atoms with E-state index in [1.807, 2.05) is 30.1 Å². The minimum absolute atomic E-state index is 0.0673. The summed E-state index contributed by atoms with van der Waals surface area (Å²) in [6.45, 7) is 7.98. The third kappa shape index (κ3) is 9.24. The standard InChI is InChI=1S/C42H54N12O5/c1-50-21-22-54(42(50)59)32-3-2-16-53(26-32)35-24-45-37(38(43)56)39(48-35)46-30-6-4-28(5-7-30)29-14-17-51(18-15-29)25-27-12-19-52(20-13-27)31-8-9-33(44-23-31)40(57)47-34-10-11-36(55)49-41(34)58/h4-9,23-24,27,29,32,34H,2-3,10-22,25-26H2,1H3,(H2,43,56)(H,46,48)(H,47,57)(H,49,55,58)/t32-,34-/m1/s1. The second-order valence-corrected chi connectivity index (χ2v) is 16.6. The van der Waals surface area contributed by atoms with Gasteiger partial charge in [-0.2, -0.15) is 0 Å². The van der Waals surface area contributed by atoms with Crippen LogP contribution in [0.5, 0.6) is 0 Å². The van der Waals surface area contributed by atoms with Gasteiger partial charge in [-0.1, -0.05) is 12.1 Å². The van der Waals surface area contributed by atoms with E-state index in [9.17, 15) is 24.0 Å². The molecule has 8 rings (SSSR count). The molecule has 5 fully saturated rings. The number of rotatable bonds is 11. The number of hydrogen-bond donors (Lipinski definition) is 4. The van der Waals surface area contributed by atoms with E-state index in [1.54, 1.807) is 23.4 Å². The molecule has 0 unspecified atom stereocenters. The lowest BCUT2D eigenvalue weighted by Crippen LogP contribution is -2.52. The molecule has 17 nitrogen and oxygen atoms in total. The summed E-state index contributed by atoms with van der Waals surface area (Å²) in [5, 5.41) is 8.25. The Kier molecular flexibility index (Phi) is 11.9. The Labute approximate surface area is 344 Å². The number of aromatic nitrogens is 3. The Hall–Kier alpha value is -5.84. The van der Waals surface area contributed by atoms with E-state index in [1.165, 1.54) is 5.56 Å². The number of nitrogens with two attached hydrogens (primary N) is 1. The predicted octanol–water partition coefficient (Wildman–Crippen LogP) is 2.68. The molecule has 59 heavy (non-hydrogen) atoms. The van der Waals surface area contributed by atoms with Crippen molar-refractivity contribution in [3.63, 3.8) is 0 Å². The van der Waals surface area contributed by atoms with Gasteiger partial charge in [-0.3, -0.25) is 24.5 Å². The van der Waals surface area contributed by atoms with E-state index in [4.69, 9.17) is 10.7 Å². The number of likely N-dealkylation sites (tertiary alicyclic amines) is 1. The van der Waals surface area contributed by atoms with Gasteiger partial charge in [0.1, 0.15) is 17.6 Å². The van der Waals surface area contributed by atoms with Gasteiger partial charge in [-0.25, -0.2) is 19.7 Å². The Balaban J connectivity index is 0.789. The average Bonchev–Trinajstić information content (AvgIpc) is 3.59. The number of imide groups is 1. The summed E-state index contributed by atoms with van der Waals surface area (Å²) in [6, 6.07) is 11.4.